The first-order valence-electron chi connectivity index (χ1n) is 9.30. The number of thiophene rings is 1. The van der Waals surface area contributed by atoms with Crippen molar-refractivity contribution in [1.82, 2.24) is 10.6 Å². The number of rotatable bonds is 7. The molecule has 0 unspecified atom stereocenters. The average molecular weight is 381 g/mol. The van der Waals surface area contributed by atoms with Crippen LogP contribution in [0.1, 0.15) is 47.3 Å². The molecule has 1 heterocycles. The van der Waals surface area contributed by atoms with Gasteiger partial charge >= 0.3 is 0 Å². The van der Waals surface area contributed by atoms with Crippen molar-refractivity contribution in [3.8, 4) is 0 Å². The molecular weight excluding hydrogens is 356 g/mol. The van der Waals surface area contributed by atoms with Crippen molar-refractivity contribution < 1.29 is 9.59 Å². The Kier molecular flexibility index (Phi) is 6.99. The fraction of sp³-hybridized carbons (Fsp3) is 0.273. The van der Waals surface area contributed by atoms with Gasteiger partial charge in [-0.25, -0.2) is 0 Å². The minimum atomic E-state index is -0.288. The minimum absolute atomic E-state index is 0.260. The second kappa shape index (κ2) is 9.88. The Labute approximate surface area is 164 Å². The maximum Gasteiger partial charge on any atom is 0.267 e. The monoisotopic (exact) mass is 380 g/mol. The second-order valence-corrected chi connectivity index (χ2v) is 7.49. The maximum absolute atomic E-state index is 12.7. The van der Waals surface area contributed by atoms with E-state index in [-0.39, 0.29) is 17.5 Å². The summed E-state index contributed by atoms with van der Waals surface area (Å²) in [4.78, 5) is 26.1. The highest BCUT2D eigenvalue weighted by Gasteiger charge is 2.15. The van der Waals surface area contributed by atoms with Gasteiger partial charge in [-0.1, -0.05) is 35.9 Å². The van der Waals surface area contributed by atoms with E-state index in [1.807, 2.05) is 23.6 Å². The summed E-state index contributed by atoms with van der Waals surface area (Å²) in [6.07, 6.45) is 9.63. The van der Waals surface area contributed by atoms with Gasteiger partial charge in [-0.05, 0) is 61.8 Å². The van der Waals surface area contributed by atoms with E-state index >= 15 is 0 Å². The number of carbonyl (C=O) groups is 2. The molecule has 0 saturated heterocycles. The minimum Gasteiger partial charge on any atom is -0.350 e. The van der Waals surface area contributed by atoms with Crippen LogP contribution in [0.3, 0.4) is 0 Å². The lowest BCUT2D eigenvalue weighted by atomic mass is 9.97. The van der Waals surface area contributed by atoms with E-state index < -0.39 is 0 Å². The predicted molar refractivity (Wildman–Crippen MR) is 110 cm³/mol. The number of allylic oxidation sites excluding steroid dienone is 1. The van der Waals surface area contributed by atoms with E-state index in [9.17, 15) is 9.59 Å². The topological polar surface area (TPSA) is 58.2 Å². The first-order chi connectivity index (χ1) is 13.2. The number of amides is 2. The summed E-state index contributed by atoms with van der Waals surface area (Å²) in [5.74, 6) is -0.548. The van der Waals surface area contributed by atoms with Gasteiger partial charge in [-0.15, -0.1) is 11.3 Å². The Morgan fingerprint density at radius 2 is 1.93 bits per heavy atom. The van der Waals surface area contributed by atoms with E-state index in [4.69, 9.17) is 0 Å². The summed E-state index contributed by atoms with van der Waals surface area (Å²) in [5.41, 5.74) is 2.21. The fourth-order valence-electron chi connectivity index (χ4n) is 3.02. The van der Waals surface area contributed by atoms with E-state index in [2.05, 4.69) is 16.7 Å². The Balaban J connectivity index is 1.65. The van der Waals surface area contributed by atoms with Crippen LogP contribution >= 0.6 is 11.3 Å². The van der Waals surface area contributed by atoms with Gasteiger partial charge in [0.2, 0.25) is 0 Å². The molecule has 0 bridgehead atoms. The van der Waals surface area contributed by atoms with Gasteiger partial charge in [0.05, 0.1) is 0 Å². The van der Waals surface area contributed by atoms with Crippen LogP contribution in [0.4, 0.5) is 0 Å². The molecular formula is C22H24N2O2S. The van der Waals surface area contributed by atoms with Crippen LogP contribution in [-0.4, -0.2) is 18.4 Å². The third-order valence-electron chi connectivity index (χ3n) is 4.48. The zero-order chi connectivity index (χ0) is 18.9. The van der Waals surface area contributed by atoms with Gasteiger partial charge < -0.3 is 10.6 Å². The van der Waals surface area contributed by atoms with E-state index in [0.29, 0.717) is 12.1 Å². The summed E-state index contributed by atoms with van der Waals surface area (Å²) in [7, 11) is 0. The van der Waals surface area contributed by atoms with Gasteiger partial charge in [0.25, 0.3) is 11.8 Å². The summed E-state index contributed by atoms with van der Waals surface area (Å²) >= 11 is 1.52. The Morgan fingerprint density at radius 3 is 2.63 bits per heavy atom. The van der Waals surface area contributed by atoms with Crippen LogP contribution in [-0.2, 0) is 4.79 Å². The molecule has 5 heteroatoms. The first-order valence-corrected chi connectivity index (χ1v) is 10.2. The molecule has 0 radical (unpaired) electrons. The zero-order valence-corrected chi connectivity index (χ0v) is 16.1. The Bertz CT molecular complexity index is 823. The molecule has 3 rings (SSSR count). The van der Waals surface area contributed by atoms with Gasteiger partial charge in [-0.3, -0.25) is 9.59 Å². The van der Waals surface area contributed by atoms with E-state index in [0.717, 1.165) is 24.1 Å². The number of benzene rings is 1. The van der Waals surface area contributed by atoms with Crippen molar-refractivity contribution in [3.05, 3.63) is 75.6 Å². The molecule has 0 atom stereocenters. The number of carbonyl (C=O) groups excluding carboxylic acids is 2. The van der Waals surface area contributed by atoms with Crippen LogP contribution in [0, 0.1) is 0 Å². The largest absolute Gasteiger partial charge is 0.350 e. The molecule has 0 aliphatic heterocycles. The molecule has 0 spiro atoms. The van der Waals surface area contributed by atoms with Crippen molar-refractivity contribution in [2.75, 3.05) is 6.54 Å². The van der Waals surface area contributed by atoms with E-state index in [1.165, 1.54) is 29.8 Å². The molecule has 0 saturated carbocycles. The lowest BCUT2D eigenvalue weighted by Gasteiger charge is -2.14. The maximum atomic E-state index is 12.7. The lowest BCUT2D eigenvalue weighted by Crippen LogP contribution is -2.35. The van der Waals surface area contributed by atoms with Gasteiger partial charge in [0.1, 0.15) is 5.70 Å². The van der Waals surface area contributed by atoms with Crippen molar-refractivity contribution >= 4 is 29.2 Å². The van der Waals surface area contributed by atoms with Gasteiger partial charge in [0, 0.05) is 17.0 Å². The summed E-state index contributed by atoms with van der Waals surface area (Å²) < 4.78 is 0. The van der Waals surface area contributed by atoms with Crippen molar-refractivity contribution in [2.24, 2.45) is 0 Å². The molecule has 1 aromatic carbocycles. The first kappa shape index (κ1) is 19.1. The molecule has 1 aliphatic carbocycles. The molecule has 2 amide bonds. The molecule has 1 aromatic heterocycles. The van der Waals surface area contributed by atoms with Crippen LogP contribution in [0.2, 0.25) is 0 Å². The van der Waals surface area contributed by atoms with Crippen molar-refractivity contribution in [3.63, 3.8) is 0 Å². The van der Waals surface area contributed by atoms with Crippen LogP contribution in [0.5, 0.6) is 0 Å². The SMILES string of the molecule is O=C(NCCC1=CCCCC1)/C(=C\c1cccs1)NC(=O)c1ccccc1. The molecule has 140 valence electrons. The molecule has 27 heavy (non-hydrogen) atoms. The highest BCUT2D eigenvalue weighted by molar-refractivity contribution is 7.10. The standard InChI is InChI=1S/C22H24N2O2S/c25-21(18-10-5-2-6-11-18)24-20(16-19-12-7-15-27-19)22(26)23-14-13-17-8-3-1-4-9-17/h2,5-8,10-12,15-16H,1,3-4,9,13-14H2,(H,23,26)(H,24,25)/b20-16+. The number of nitrogens with one attached hydrogen (secondary N) is 2. The number of hydrogen-bond acceptors (Lipinski definition) is 3. The second-order valence-electron chi connectivity index (χ2n) is 6.51. The third-order valence-corrected chi connectivity index (χ3v) is 5.29. The van der Waals surface area contributed by atoms with Crippen LogP contribution in [0.15, 0.2) is 65.2 Å². The molecule has 0 fully saturated rings. The molecule has 2 aromatic rings. The predicted octanol–water partition coefficient (Wildman–Crippen LogP) is 4.53. The van der Waals surface area contributed by atoms with Crippen LogP contribution < -0.4 is 10.6 Å². The Hall–Kier alpha value is -2.66. The molecule has 4 nitrogen and oxygen atoms in total. The highest BCUT2D eigenvalue weighted by Crippen LogP contribution is 2.19. The quantitative estimate of drug-likeness (QED) is 0.548. The fourth-order valence-corrected chi connectivity index (χ4v) is 3.68. The number of hydrogen-bond donors (Lipinski definition) is 2. The zero-order valence-electron chi connectivity index (χ0n) is 15.2. The van der Waals surface area contributed by atoms with Crippen LogP contribution in [0.25, 0.3) is 6.08 Å². The normalized spacial score (nSPS) is 14.4. The smallest absolute Gasteiger partial charge is 0.267 e. The lowest BCUT2D eigenvalue weighted by molar-refractivity contribution is -0.117. The van der Waals surface area contributed by atoms with Gasteiger partial charge in [-0.2, -0.15) is 0 Å². The molecule has 1 aliphatic rings. The average Bonchev–Trinajstić information content (AvgIpc) is 3.22. The van der Waals surface area contributed by atoms with E-state index in [1.54, 1.807) is 30.3 Å². The third kappa shape index (κ3) is 5.93. The summed E-state index contributed by atoms with van der Waals surface area (Å²) in [6, 6.07) is 12.7. The summed E-state index contributed by atoms with van der Waals surface area (Å²) in [6.45, 7) is 0.577. The van der Waals surface area contributed by atoms with Crippen molar-refractivity contribution in [1.29, 1.82) is 0 Å². The Morgan fingerprint density at radius 1 is 1.07 bits per heavy atom. The van der Waals surface area contributed by atoms with Gasteiger partial charge in [0.15, 0.2) is 0 Å². The highest BCUT2D eigenvalue weighted by atomic mass is 32.1. The van der Waals surface area contributed by atoms with Crippen molar-refractivity contribution in [2.45, 2.75) is 32.1 Å². The molecule has 2 N–H and O–H groups in total. The summed E-state index contributed by atoms with van der Waals surface area (Å²) in [5, 5.41) is 7.64.